The molecule has 0 aliphatic carbocycles. The summed E-state index contributed by atoms with van der Waals surface area (Å²) in [6, 6.07) is 0. The van der Waals surface area contributed by atoms with Crippen molar-refractivity contribution in [1.29, 1.82) is 0 Å². The highest BCUT2D eigenvalue weighted by Gasteiger charge is 2.59. The van der Waals surface area contributed by atoms with Crippen LogP contribution in [0, 0.1) is 0 Å². The second-order valence-electron chi connectivity index (χ2n) is 12.3. The van der Waals surface area contributed by atoms with Crippen molar-refractivity contribution in [3.63, 3.8) is 0 Å². The van der Waals surface area contributed by atoms with Crippen LogP contribution < -0.4 is 0 Å². The van der Waals surface area contributed by atoms with E-state index >= 15 is 0 Å². The molecule has 0 amide bonds. The van der Waals surface area contributed by atoms with Crippen LogP contribution in [0.1, 0.15) is 6.92 Å². The van der Waals surface area contributed by atoms with Crippen molar-refractivity contribution in [3.8, 4) is 0 Å². The third-order valence-corrected chi connectivity index (χ3v) is 23.1. The molecule has 6 unspecified atom stereocenters. The van der Waals surface area contributed by atoms with Gasteiger partial charge in [0.2, 0.25) is 0 Å². The molecule has 0 radical (unpaired) electrons. The molecule has 0 aromatic carbocycles. The molecule has 35 heavy (non-hydrogen) atoms. The number of epoxide rings is 1. The molecule has 0 saturated carbocycles. The zero-order valence-corrected chi connectivity index (χ0v) is 29.0. The van der Waals surface area contributed by atoms with Gasteiger partial charge in [0.15, 0.2) is 16.6 Å². The maximum absolute atomic E-state index is 7.06. The van der Waals surface area contributed by atoms with Gasteiger partial charge in [-0.05, 0) is 72.4 Å². The molecule has 2 rings (SSSR count). The van der Waals surface area contributed by atoms with Crippen molar-refractivity contribution in [2.24, 2.45) is 0 Å². The smallest absolute Gasteiger partial charge is 0.348 e. The Labute approximate surface area is 218 Å². The number of hydrogen-bond acceptors (Lipinski definition) is 9. The largest absolute Gasteiger partial charge is 0.437 e. The number of methoxy groups -OCH3 is 1. The molecule has 2 heterocycles. The normalized spacial score (nSPS) is 27.6. The lowest BCUT2D eigenvalue weighted by Gasteiger charge is -2.50. The second-order valence-corrected chi connectivity index (χ2v) is 32.0. The van der Waals surface area contributed by atoms with Crippen molar-refractivity contribution in [2.45, 2.75) is 96.4 Å². The van der Waals surface area contributed by atoms with E-state index in [1.165, 1.54) is 0 Å². The standard InChI is InChI=1S/C21H50O9Si5/c1-18(22-2)13-25-20-16-26-21(20)35(12,28-32(6,7)8)30-34(11,17-23-14-19-15-24-19)29-33(9,10)27-31(3,4)5/h18-21H,13-17H2,1-12H3. The van der Waals surface area contributed by atoms with Crippen LogP contribution in [0.25, 0.3) is 0 Å². The Kier molecular flexibility index (Phi) is 11.2. The number of ether oxygens (including phenoxy) is 5. The Morgan fingerprint density at radius 3 is 1.86 bits per heavy atom. The average molecular weight is 587 g/mol. The summed E-state index contributed by atoms with van der Waals surface area (Å²) < 4.78 is 56.3. The molecule has 6 atom stereocenters. The molecule has 2 aliphatic rings. The summed E-state index contributed by atoms with van der Waals surface area (Å²) in [6.45, 7) is 25.8. The van der Waals surface area contributed by atoms with Crippen LogP contribution in [-0.4, -0.2) is 106 Å². The Balaban J connectivity index is 2.25. The van der Waals surface area contributed by atoms with Crippen molar-refractivity contribution < 1.29 is 40.1 Å². The van der Waals surface area contributed by atoms with E-state index in [-0.39, 0.29) is 24.0 Å². The Bertz CT molecular complexity index is 671. The van der Waals surface area contributed by atoms with E-state index in [0.29, 0.717) is 26.1 Å². The first-order valence-electron chi connectivity index (χ1n) is 12.6. The monoisotopic (exact) mass is 586 g/mol. The topological polar surface area (TPSA) is 86.4 Å². The molecule has 2 saturated heterocycles. The summed E-state index contributed by atoms with van der Waals surface area (Å²) in [7, 11) is -10.4. The molecule has 9 nitrogen and oxygen atoms in total. The van der Waals surface area contributed by atoms with Crippen molar-refractivity contribution in [3.05, 3.63) is 0 Å². The van der Waals surface area contributed by atoms with Gasteiger partial charge in [0.25, 0.3) is 0 Å². The van der Waals surface area contributed by atoms with Gasteiger partial charge in [0, 0.05) is 7.11 Å². The van der Waals surface area contributed by atoms with Crippen LogP contribution in [-0.2, 0) is 40.1 Å². The van der Waals surface area contributed by atoms with Crippen LogP contribution in [0.4, 0.5) is 0 Å². The fraction of sp³-hybridized carbons (Fsp3) is 1.00. The van der Waals surface area contributed by atoms with Gasteiger partial charge in [-0.25, -0.2) is 0 Å². The molecule has 0 aromatic heterocycles. The van der Waals surface area contributed by atoms with Crippen LogP contribution in [0.15, 0.2) is 0 Å². The SMILES string of the molecule is COC(C)COC1COC1[Si](C)(O[Si](C)(C)C)O[Si](C)(COCC1CO1)O[Si](C)(C)O[Si](C)(C)C. The van der Waals surface area contributed by atoms with Crippen molar-refractivity contribution in [1.82, 2.24) is 0 Å². The summed E-state index contributed by atoms with van der Waals surface area (Å²) in [6.07, 6.45) is 0.473. The predicted octanol–water partition coefficient (Wildman–Crippen LogP) is 3.88. The van der Waals surface area contributed by atoms with E-state index in [1.807, 2.05) is 6.92 Å². The molecule has 0 spiro atoms. The summed E-state index contributed by atoms with van der Waals surface area (Å²) in [5, 5.41) is 0. The van der Waals surface area contributed by atoms with Crippen molar-refractivity contribution >= 4 is 42.3 Å². The van der Waals surface area contributed by atoms with E-state index in [1.54, 1.807) is 7.11 Å². The zero-order chi connectivity index (χ0) is 26.7. The van der Waals surface area contributed by atoms with Gasteiger partial charge in [0.1, 0.15) is 17.9 Å². The third-order valence-electron chi connectivity index (χ3n) is 5.25. The van der Waals surface area contributed by atoms with E-state index in [4.69, 9.17) is 40.1 Å². The van der Waals surface area contributed by atoms with Crippen LogP contribution in [0.5, 0.6) is 0 Å². The van der Waals surface area contributed by atoms with Gasteiger partial charge in [-0.3, -0.25) is 0 Å². The molecule has 0 N–H and O–H groups in total. The molecule has 0 aromatic rings. The lowest BCUT2D eigenvalue weighted by molar-refractivity contribution is -0.176. The lowest BCUT2D eigenvalue weighted by atomic mass is 10.3. The highest BCUT2D eigenvalue weighted by Crippen LogP contribution is 2.34. The van der Waals surface area contributed by atoms with Gasteiger partial charge in [0.05, 0.1) is 38.8 Å². The summed E-state index contributed by atoms with van der Waals surface area (Å²) in [5.74, 6) is 0. The van der Waals surface area contributed by atoms with E-state index in [9.17, 15) is 0 Å². The minimum atomic E-state index is -2.92. The van der Waals surface area contributed by atoms with E-state index in [2.05, 4.69) is 65.5 Å². The fourth-order valence-electron chi connectivity index (χ4n) is 4.29. The molecule has 2 fully saturated rings. The first-order valence-corrected chi connectivity index (χ1v) is 27.2. The lowest BCUT2D eigenvalue weighted by Crippen LogP contribution is -2.72. The summed E-state index contributed by atoms with van der Waals surface area (Å²) in [5.41, 5.74) is -0.247. The first-order chi connectivity index (χ1) is 15.9. The third kappa shape index (κ3) is 11.6. The van der Waals surface area contributed by atoms with Gasteiger partial charge in [-0.1, -0.05) is 0 Å². The molecule has 0 bridgehead atoms. The molecular weight excluding hydrogens is 537 g/mol. The van der Waals surface area contributed by atoms with Gasteiger partial charge < -0.3 is 40.1 Å². The maximum atomic E-state index is 7.06. The quantitative estimate of drug-likeness (QED) is 0.186. The summed E-state index contributed by atoms with van der Waals surface area (Å²) in [4.78, 5) is 0. The Morgan fingerprint density at radius 1 is 0.800 bits per heavy atom. The van der Waals surface area contributed by atoms with Gasteiger partial charge in [-0.2, -0.15) is 0 Å². The maximum Gasteiger partial charge on any atom is 0.348 e. The molecule has 2 aliphatic heterocycles. The van der Waals surface area contributed by atoms with Gasteiger partial charge >= 0.3 is 25.7 Å². The highest BCUT2D eigenvalue weighted by atomic mass is 28.5. The van der Waals surface area contributed by atoms with Gasteiger partial charge in [-0.15, -0.1) is 0 Å². The van der Waals surface area contributed by atoms with E-state index in [0.717, 1.165) is 6.61 Å². The van der Waals surface area contributed by atoms with Crippen LogP contribution in [0.2, 0.25) is 65.5 Å². The Hall–Kier alpha value is 0.724. The second kappa shape index (κ2) is 12.3. The average Bonchev–Trinajstić information content (AvgIpc) is 3.39. The summed E-state index contributed by atoms with van der Waals surface area (Å²) >= 11 is 0. The predicted molar refractivity (Wildman–Crippen MR) is 148 cm³/mol. The number of rotatable bonds is 17. The van der Waals surface area contributed by atoms with Crippen LogP contribution >= 0.6 is 0 Å². The highest BCUT2D eigenvalue weighted by molar-refractivity contribution is 6.91. The minimum Gasteiger partial charge on any atom is -0.437 e. The van der Waals surface area contributed by atoms with Crippen LogP contribution in [0.3, 0.4) is 0 Å². The number of hydrogen-bond donors (Lipinski definition) is 0. The zero-order valence-electron chi connectivity index (χ0n) is 24.0. The van der Waals surface area contributed by atoms with Crippen molar-refractivity contribution in [2.75, 3.05) is 39.8 Å². The molecular formula is C21H50O9Si5. The fourth-order valence-corrected chi connectivity index (χ4v) is 27.4. The molecule has 208 valence electrons. The minimum absolute atomic E-state index is 0.00882. The first kappa shape index (κ1) is 31.9. The molecule has 14 heteroatoms. The Morgan fingerprint density at radius 2 is 1.40 bits per heavy atom. The van der Waals surface area contributed by atoms with E-state index < -0.39 is 42.3 Å².